The van der Waals surface area contributed by atoms with Crippen molar-refractivity contribution in [2.45, 2.75) is 152 Å². The maximum Gasteiger partial charge on any atom is 0.217 e. The van der Waals surface area contributed by atoms with Crippen LogP contribution in [0.5, 0.6) is 0 Å². The van der Waals surface area contributed by atoms with Crippen molar-refractivity contribution in [3.05, 3.63) is 35.9 Å². The van der Waals surface area contributed by atoms with Crippen LogP contribution < -0.4 is 5.32 Å². The van der Waals surface area contributed by atoms with Crippen molar-refractivity contribution >= 4 is 17.7 Å². The number of carbonyl (C=O) groups is 1. The zero-order valence-electron chi connectivity index (χ0n) is 28.2. The fourth-order valence-electron chi connectivity index (χ4n) is 6.10. The second-order valence-electron chi connectivity index (χ2n) is 12.6. The molecule has 2 aliphatic rings. The van der Waals surface area contributed by atoms with Crippen LogP contribution in [-0.4, -0.2) is 79.6 Å². The number of carbonyl (C=O) groups excluding carboxylic acids is 1. The zero-order valence-corrected chi connectivity index (χ0v) is 29.0. The van der Waals surface area contributed by atoms with Crippen LogP contribution in [0.15, 0.2) is 30.3 Å². The van der Waals surface area contributed by atoms with Crippen LogP contribution in [0.2, 0.25) is 0 Å². The molecule has 2 saturated heterocycles. The molecule has 0 aliphatic carbocycles. The number of aliphatic hydroxyl groups is 1. The van der Waals surface area contributed by atoms with Crippen molar-refractivity contribution in [3.63, 3.8) is 0 Å². The van der Waals surface area contributed by atoms with E-state index < -0.39 is 36.1 Å². The van der Waals surface area contributed by atoms with Crippen LogP contribution >= 0.6 is 11.8 Å². The number of thioether (sulfide) groups is 1. The van der Waals surface area contributed by atoms with Crippen molar-refractivity contribution < 1.29 is 33.6 Å². The Bertz CT molecular complexity index is 893. The predicted octanol–water partition coefficient (Wildman–Crippen LogP) is 7.33. The lowest BCUT2D eigenvalue weighted by Crippen LogP contribution is -2.65. The van der Waals surface area contributed by atoms with Gasteiger partial charge in [0.15, 0.2) is 6.29 Å². The molecule has 0 bridgehead atoms. The first kappa shape index (κ1) is 38.2. The van der Waals surface area contributed by atoms with E-state index in [4.69, 9.17) is 23.7 Å². The average molecular weight is 652 g/mol. The summed E-state index contributed by atoms with van der Waals surface area (Å²) in [4.78, 5) is 12.0. The molecule has 258 valence electrons. The minimum Gasteiger partial charge on any atom is -0.388 e. The first-order chi connectivity index (χ1) is 22.0. The van der Waals surface area contributed by atoms with Crippen molar-refractivity contribution in [1.29, 1.82) is 0 Å². The summed E-state index contributed by atoms with van der Waals surface area (Å²) in [5, 5.41) is 14.2. The van der Waals surface area contributed by atoms with Gasteiger partial charge in [-0.2, -0.15) is 0 Å². The topological polar surface area (TPSA) is 95.5 Å². The molecular weight excluding hydrogens is 590 g/mol. The molecule has 2 aliphatic heterocycles. The van der Waals surface area contributed by atoms with Gasteiger partial charge in [0.1, 0.15) is 23.7 Å². The Labute approximate surface area is 277 Å². The number of aliphatic hydroxyl groups excluding tert-OH is 1. The number of methoxy groups -OCH3 is 1. The van der Waals surface area contributed by atoms with Crippen molar-refractivity contribution in [2.24, 2.45) is 0 Å². The highest BCUT2D eigenvalue weighted by atomic mass is 32.2. The van der Waals surface area contributed by atoms with Gasteiger partial charge in [0.2, 0.25) is 5.91 Å². The summed E-state index contributed by atoms with van der Waals surface area (Å²) in [5.41, 5.74) is 0.451. The fourth-order valence-corrected chi connectivity index (χ4v) is 7.39. The molecular formula is C36H61NO7S. The van der Waals surface area contributed by atoms with Gasteiger partial charge in [-0.15, -0.1) is 11.8 Å². The van der Waals surface area contributed by atoms with Gasteiger partial charge < -0.3 is 34.1 Å². The molecule has 7 atom stereocenters. The molecule has 2 fully saturated rings. The van der Waals surface area contributed by atoms with E-state index in [9.17, 15) is 9.90 Å². The first-order valence-electron chi connectivity index (χ1n) is 17.7. The van der Waals surface area contributed by atoms with Gasteiger partial charge in [-0.3, -0.25) is 4.79 Å². The Balaban J connectivity index is 1.26. The number of amides is 1. The van der Waals surface area contributed by atoms with E-state index in [0.29, 0.717) is 13.2 Å². The highest BCUT2D eigenvalue weighted by Crippen LogP contribution is 2.37. The first-order valence-corrected chi connectivity index (χ1v) is 18.7. The Kier molecular flexibility index (Phi) is 19.7. The third kappa shape index (κ3) is 14.6. The number of ether oxygens (including phenoxy) is 5. The SMILES string of the molecule is CCCCCCCCCCCCCCCCOC[C@H](CCS[C@@H]1OC2COC(c3ccccc3)O[C@@H]2[C@H](O)C1NC(C)=O)OC. The molecule has 0 aromatic heterocycles. The minimum absolute atomic E-state index is 0.0161. The Hall–Kier alpha value is -1.20. The molecule has 2 heterocycles. The van der Waals surface area contributed by atoms with Crippen LogP contribution in [0, 0.1) is 0 Å². The van der Waals surface area contributed by atoms with Crippen LogP contribution in [0.1, 0.15) is 122 Å². The highest BCUT2D eigenvalue weighted by Gasteiger charge is 2.49. The number of hydrogen-bond donors (Lipinski definition) is 2. The number of rotatable bonds is 24. The van der Waals surface area contributed by atoms with E-state index in [1.165, 1.54) is 90.4 Å². The minimum atomic E-state index is -0.924. The van der Waals surface area contributed by atoms with Gasteiger partial charge in [0, 0.05) is 26.2 Å². The molecule has 3 unspecified atom stereocenters. The molecule has 0 saturated carbocycles. The van der Waals surface area contributed by atoms with E-state index in [0.717, 1.165) is 30.8 Å². The van der Waals surface area contributed by atoms with E-state index in [2.05, 4.69) is 12.2 Å². The number of unbranched alkanes of at least 4 members (excludes halogenated alkanes) is 13. The molecule has 2 N–H and O–H groups in total. The summed E-state index contributed by atoms with van der Waals surface area (Å²) >= 11 is 1.57. The molecule has 0 spiro atoms. The summed E-state index contributed by atoms with van der Waals surface area (Å²) in [6.07, 6.45) is 17.1. The largest absolute Gasteiger partial charge is 0.388 e. The molecule has 0 radical (unpaired) electrons. The molecule has 1 amide bonds. The summed E-state index contributed by atoms with van der Waals surface area (Å²) in [6, 6.07) is 9.05. The van der Waals surface area contributed by atoms with Crippen LogP contribution in [0.25, 0.3) is 0 Å². The third-order valence-electron chi connectivity index (χ3n) is 8.81. The normalized spacial score (nSPS) is 25.5. The molecule has 3 rings (SSSR count). The Morgan fingerprint density at radius 2 is 1.58 bits per heavy atom. The maximum atomic E-state index is 12.0. The summed E-state index contributed by atoms with van der Waals surface area (Å²) in [7, 11) is 1.72. The Morgan fingerprint density at radius 1 is 0.956 bits per heavy atom. The lowest BCUT2D eigenvalue weighted by molar-refractivity contribution is -0.306. The second kappa shape index (κ2) is 23.2. The smallest absolute Gasteiger partial charge is 0.217 e. The predicted molar refractivity (Wildman–Crippen MR) is 181 cm³/mol. The van der Waals surface area contributed by atoms with Crippen LogP contribution in [0.3, 0.4) is 0 Å². The monoisotopic (exact) mass is 651 g/mol. The van der Waals surface area contributed by atoms with Crippen molar-refractivity contribution in [1.82, 2.24) is 5.32 Å². The lowest BCUT2D eigenvalue weighted by Gasteiger charge is -2.48. The van der Waals surface area contributed by atoms with Crippen LogP contribution in [-0.2, 0) is 28.5 Å². The molecule has 1 aromatic carbocycles. The number of nitrogens with one attached hydrogen (secondary N) is 1. The van der Waals surface area contributed by atoms with Crippen molar-refractivity contribution in [2.75, 3.05) is 32.7 Å². The van der Waals surface area contributed by atoms with Crippen molar-refractivity contribution in [3.8, 4) is 0 Å². The molecule has 9 heteroatoms. The van der Waals surface area contributed by atoms with Gasteiger partial charge in [-0.05, 0) is 18.6 Å². The summed E-state index contributed by atoms with van der Waals surface area (Å²) < 4.78 is 30.0. The van der Waals surface area contributed by atoms with Gasteiger partial charge in [0.05, 0.1) is 25.4 Å². The van der Waals surface area contributed by atoms with Gasteiger partial charge >= 0.3 is 0 Å². The molecule has 45 heavy (non-hydrogen) atoms. The molecule has 1 aromatic rings. The number of hydrogen-bond acceptors (Lipinski definition) is 8. The zero-order chi connectivity index (χ0) is 32.1. The van der Waals surface area contributed by atoms with Gasteiger partial charge in [-0.25, -0.2) is 0 Å². The summed E-state index contributed by atoms with van der Waals surface area (Å²) in [5.74, 6) is 0.518. The van der Waals surface area contributed by atoms with E-state index in [1.807, 2.05) is 30.3 Å². The third-order valence-corrected chi connectivity index (χ3v) is 10.0. The van der Waals surface area contributed by atoms with E-state index >= 15 is 0 Å². The van der Waals surface area contributed by atoms with E-state index in [1.54, 1.807) is 18.9 Å². The number of fused-ring (bicyclic) bond motifs is 1. The average Bonchev–Trinajstić information content (AvgIpc) is 3.05. The van der Waals surface area contributed by atoms with E-state index in [-0.39, 0.29) is 12.0 Å². The molecule has 8 nitrogen and oxygen atoms in total. The second-order valence-corrected chi connectivity index (χ2v) is 13.8. The van der Waals surface area contributed by atoms with Crippen LogP contribution in [0.4, 0.5) is 0 Å². The van der Waals surface area contributed by atoms with Gasteiger partial charge in [0.25, 0.3) is 0 Å². The number of benzene rings is 1. The Morgan fingerprint density at radius 3 is 2.18 bits per heavy atom. The standard InChI is InChI=1S/C36H61NO7S/c1-4-5-6-7-8-9-10-11-12-13-14-15-16-20-24-41-26-30(40-3)23-25-45-36-32(37-28(2)38)33(39)34-31(43-36)27-42-35(44-34)29-21-18-17-19-22-29/h17-19,21-22,30-36,39H,4-16,20,23-27H2,1-3H3,(H,37,38)/t30-,31?,32?,33+,34-,35?,36-/m0/s1. The summed E-state index contributed by atoms with van der Waals surface area (Å²) in [6.45, 7) is 5.36. The quantitative estimate of drug-likeness (QED) is 0.112. The maximum absolute atomic E-state index is 12.0. The van der Waals surface area contributed by atoms with Gasteiger partial charge in [-0.1, -0.05) is 121 Å². The fraction of sp³-hybridized carbons (Fsp3) is 0.806. The lowest BCUT2D eigenvalue weighted by atomic mass is 9.96. The highest BCUT2D eigenvalue weighted by molar-refractivity contribution is 7.99.